The Morgan fingerprint density at radius 1 is 0.147 bits per heavy atom. The highest BCUT2D eigenvalue weighted by atomic mass is 79.9. The Labute approximate surface area is 451 Å². The van der Waals surface area contributed by atoms with Crippen LogP contribution in [0.25, 0.3) is 0 Å². The molecule has 416 valence electrons. The molecule has 0 aromatic carbocycles. The molecule has 0 saturated carbocycles. The molecule has 0 aliphatic rings. The van der Waals surface area contributed by atoms with Gasteiger partial charge in [-0.25, -0.2) is 0 Å². The third-order valence-corrected chi connectivity index (χ3v) is 15.9. The summed E-state index contributed by atoms with van der Waals surface area (Å²) in [6.07, 6.45) is 69.5. The summed E-state index contributed by atoms with van der Waals surface area (Å²) in [7, 11) is 0. The minimum absolute atomic E-state index is 0. The van der Waals surface area contributed by atoms with Crippen molar-refractivity contribution < 1.29 is 38.4 Å². The quantitative estimate of drug-likeness (QED) is 0.0421. The molecule has 0 aromatic rings. The van der Waals surface area contributed by atoms with Crippen molar-refractivity contribution in [2.75, 3.05) is 52.4 Å². The smallest absolute Gasteiger partial charge is 0.0786 e. The van der Waals surface area contributed by atoms with Crippen LogP contribution in [0.2, 0.25) is 0 Å². The van der Waals surface area contributed by atoms with Crippen molar-refractivity contribution in [1.29, 1.82) is 0 Å². The van der Waals surface area contributed by atoms with Crippen molar-refractivity contribution in [2.45, 2.75) is 364 Å². The number of quaternary nitrogens is 2. The number of hydrogen-bond acceptors (Lipinski definition) is 0. The van der Waals surface area contributed by atoms with Crippen LogP contribution in [0.1, 0.15) is 364 Å². The van der Waals surface area contributed by atoms with E-state index in [9.17, 15) is 0 Å². The zero-order chi connectivity index (χ0) is 48.6. The summed E-state index contributed by atoms with van der Waals surface area (Å²) < 4.78 is 2.95. The first kappa shape index (κ1) is 75.2. The van der Waals surface area contributed by atoms with E-state index < -0.39 is 0 Å². The van der Waals surface area contributed by atoms with E-state index in [-0.39, 0.29) is 29.4 Å². The van der Waals surface area contributed by atoms with E-state index >= 15 is 0 Å². The van der Waals surface area contributed by atoms with Crippen LogP contribution in [0.15, 0.2) is 0 Å². The number of nitrogens with zero attached hydrogens (tertiary/aromatic N) is 2. The highest BCUT2D eigenvalue weighted by Gasteiger charge is 2.27. The predicted octanol–water partition coefficient (Wildman–Crippen LogP) is 16.5. The molecule has 0 aliphatic heterocycles. The maximum absolute atomic E-state index is 2.34. The normalized spacial score (nSPS) is 11.6. The lowest BCUT2D eigenvalue weighted by molar-refractivity contribution is -0.929. The van der Waals surface area contributed by atoms with Gasteiger partial charge in [0, 0.05) is 0 Å². The van der Waals surface area contributed by atoms with Gasteiger partial charge in [0.15, 0.2) is 0 Å². The van der Waals surface area contributed by atoms with Gasteiger partial charge in [0.05, 0.1) is 52.4 Å². The molecule has 0 rings (SSSR count). The van der Waals surface area contributed by atoms with Gasteiger partial charge < -0.3 is 38.4 Å². The topological polar surface area (TPSA) is 0 Å². The largest absolute Gasteiger partial charge is 1.00 e. The molecule has 0 bridgehead atoms. The molecule has 68 heavy (non-hydrogen) atoms. The predicted molar refractivity (Wildman–Crippen MR) is 306 cm³/mol. The molecule has 4 heteroatoms. The Bertz CT molecular complexity index is 645. The molecule has 0 unspecified atom stereocenters. The first-order chi connectivity index (χ1) is 32.5. The Morgan fingerprint density at radius 3 is 0.338 bits per heavy atom. The van der Waals surface area contributed by atoms with Gasteiger partial charge >= 0.3 is 0 Å². The van der Waals surface area contributed by atoms with E-state index in [2.05, 4.69) is 55.4 Å². The van der Waals surface area contributed by atoms with Gasteiger partial charge in [-0.15, -0.1) is 0 Å². The number of unbranched alkanes of at least 4 members (excludes halogenated alkanes) is 40. The van der Waals surface area contributed by atoms with E-state index in [1.807, 2.05) is 0 Å². The molecular weight excluding hydrogens is 912 g/mol. The third kappa shape index (κ3) is 54.5. The lowest BCUT2D eigenvalue weighted by Gasteiger charge is -2.40. The molecule has 0 radical (unpaired) electrons. The number of halogens is 2. The van der Waals surface area contributed by atoms with Crippen LogP contribution in [-0.4, -0.2) is 61.3 Å². The van der Waals surface area contributed by atoms with Crippen molar-refractivity contribution in [3.63, 3.8) is 0 Å². The molecule has 0 aliphatic carbocycles. The summed E-state index contributed by atoms with van der Waals surface area (Å²) in [5.41, 5.74) is 0. The van der Waals surface area contributed by atoms with Crippen molar-refractivity contribution in [3.05, 3.63) is 0 Å². The summed E-state index contributed by atoms with van der Waals surface area (Å²) in [6.45, 7) is 30.5. The highest BCUT2D eigenvalue weighted by molar-refractivity contribution is 4.57. The molecule has 0 amide bonds. The van der Waals surface area contributed by atoms with Crippen molar-refractivity contribution in [3.8, 4) is 0 Å². The van der Waals surface area contributed by atoms with E-state index in [0.717, 1.165) is 0 Å². The zero-order valence-electron chi connectivity index (χ0n) is 49.2. The molecule has 0 saturated heterocycles. The Hall–Kier alpha value is 0.690. The summed E-state index contributed by atoms with van der Waals surface area (Å²) in [4.78, 5) is 0. The molecule has 0 heterocycles. The second-order valence-corrected chi connectivity index (χ2v) is 22.6. The van der Waals surface area contributed by atoms with Crippen molar-refractivity contribution >= 4 is 0 Å². The summed E-state index contributed by atoms with van der Waals surface area (Å²) in [5, 5.41) is 0. The van der Waals surface area contributed by atoms with Crippen molar-refractivity contribution in [2.24, 2.45) is 0 Å². The maximum atomic E-state index is 2.34. The Balaban J connectivity index is -0.000000585. The van der Waals surface area contributed by atoms with Gasteiger partial charge in [-0.1, -0.05) is 261 Å². The molecule has 0 atom stereocenters. The van der Waals surface area contributed by atoms with E-state index in [1.54, 1.807) is 0 Å². The first-order valence-corrected chi connectivity index (χ1v) is 32.2. The summed E-state index contributed by atoms with van der Waals surface area (Å²) in [5.74, 6) is 0. The second-order valence-electron chi connectivity index (χ2n) is 22.6. The minimum Gasteiger partial charge on any atom is -1.00 e. The van der Waals surface area contributed by atoms with Crippen LogP contribution in [0.5, 0.6) is 0 Å². The average molecular weight is 1050 g/mol. The van der Waals surface area contributed by atoms with Gasteiger partial charge in [-0.3, -0.25) is 0 Å². The Morgan fingerprint density at radius 2 is 0.235 bits per heavy atom. The van der Waals surface area contributed by atoms with Crippen LogP contribution in [0.3, 0.4) is 0 Å². The molecule has 0 spiro atoms. The van der Waals surface area contributed by atoms with Gasteiger partial charge in [-0.05, 0) is 103 Å². The molecule has 0 fully saturated rings. The lowest BCUT2D eigenvalue weighted by atomic mass is 10.0. The van der Waals surface area contributed by atoms with Gasteiger partial charge in [0.2, 0.25) is 0 Å². The van der Waals surface area contributed by atoms with Gasteiger partial charge in [-0.2, -0.15) is 0 Å². The SMILES string of the molecule is CCCCCCCC[N+](CCCCCCCC)(CCCCCCCC)CCCCCCCC.CCCCCCCC[N+](CCCCCCCC)(CCCCCCCC)CCCCCCCC.[Br-].[Cl-]. The van der Waals surface area contributed by atoms with Crippen LogP contribution in [-0.2, 0) is 0 Å². The van der Waals surface area contributed by atoms with Crippen LogP contribution >= 0.6 is 0 Å². The standard InChI is InChI=1S/2C32H68N.BrH.ClH/c2*1-5-9-13-17-21-25-29-33(30-26-22-18-14-10-6-2,31-27-23-19-15-11-7-3)32-28-24-20-16-12-8-4;;/h2*5-32H2,1-4H3;2*1H/q2*+1;;/p-2. The maximum Gasteiger partial charge on any atom is 0.0786 e. The second kappa shape index (κ2) is 63.8. The molecular formula is C64H136BrClN2. The fourth-order valence-electron chi connectivity index (χ4n) is 11.2. The average Bonchev–Trinajstić information content (AvgIpc) is 3.33. The molecule has 0 N–H and O–H groups in total. The van der Waals surface area contributed by atoms with Gasteiger partial charge in [0.1, 0.15) is 0 Å². The van der Waals surface area contributed by atoms with Crippen molar-refractivity contribution in [1.82, 2.24) is 0 Å². The van der Waals surface area contributed by atoms with Crippen LogP contribution in [0.4, 0.5) is 0 Å². The zero-order valence-corrected chi connectivity index (χ0v) is 51.6. The monoisotopic (exact) mass is 1050 g/mol. The fourth-order valence-corrected chi connectivity index (χ4v) is 11.2. The highest BCUT2D eigenvalue weighted by Crippen LogP contribution is 2.23. The van der Waals surface area contributed by atoms with Crippen LogP contribution in [0, 0.1) is 0 Å². The number of rotatable bonds is 56. The summed E-state index contributed by atoms with van der Waals surface area (Å²) in [6, 6.07) is 0. The third-order valence-electron chi connectivity index (χ3n) is 15.9. The van der Waals surface area contributed by atoms with E-state index in [1.165, 1.54) is 370 Å². The summed E-state index contributed by atoms with van der Waals surface area (Å²) >= 11 is 0. The lowest BCUT2D eigenvalue weighted by Crippen LogP contribution is -3.00. The van der Waals surface area contributed by atoms with Crippen LogP contribution < -0.4 is 29.4 Å². The molecule has 0 aromatic heterocycles. The Kier molecular flexibility index (Phi) is 70.6. The fraction of sp³-hybridized carbons (Fsp3) is 1.00. The van der Waals surface area contributed by atoms with E-state index in [4.69, 9.17) is 0 Å². The minimum atomic E-state index is 0. The number of hydrogen-bond donors (Lipinski definition) is 0. The molecule has 2 nitrogen and oxygen atoms in total. The van der Waals surface area contributed by atoms with Gasteiger partial charge in [0.25, 0.3) is 0 Å². The van der Waals surface area contributed by atoms with E-state index in [0.29, 0.717) is 0 Å². The first-order valence-electron chi connectivity index (χ1n) is 32.2.